The second kappa shape index (κ2) is 27.2. The quantitative estimate of drug-likeness (QED) is 0.0337. The van der Waals surface area contributed by atoms with Crippen LogP contribution in [-0.2, 0) is 104 Å². The SMILES string of the molecule is CCC(C)(C)C(=O)O[C-](C)C.COC(=O)C1CC2CC1C(C1C(=O)OC(=O)C1C1C3CC(C(=O)OCO[Si]4(C)C[Si](C)C[Si](C)C[Si](C)C4)C(C3)C1CC(C)(C(=O)O[C-](C)C)C1C3CCC(C3)C1C)C2C1C(C)C2CC1C(C(=O)OC)C2C(=O)O.[Y]. The van der Waals surface area contributed by atoms with Crippen LogP contribution in [0.1, 0.15) is 133 Å². The molecule has 16 nitrogen and oxygen atoms in total. The zero-order valence-corrected chi connectivity index (χ0v) is 61.3. The number of rotatable bonds is 18. The van der Waals surface area contributed by atoms with Crippen LogP contribution in [-0.4, -0.2) is 109 Å². The number of carboxylic acid groups (broad SMARTS) is 1. The summed E-state index contributed by atoms with van der Waals surface area (Å²) < 4.78 is 40.8. The van der Waals surface area contributed by atoms with E-state index in [9.17, 15) is 33.9 Å². The molecule has 0 aromatic heterocycles. The second-order valence-corrected chi connectivity index (χ2v) is 45.1. The number of ether oxygens (including phenoxy) is 6. The predicted octanol–water partition coefficient (Wildman–Crippen LogP) is 11.0. The molecular formula is C65H101O16Si4Y-2. The van der Waals surface area contributed by atoms with Gasteiger partial charge < -0.3 is 38.0 Å². The molecule has 2 saturated heterocycles. The number of esters is 7. The van der Waals surface area contributed by atoms with E-state index in [0.29, 0.717) is 62.6 Å². The Morgan fingerprint density at radius 1 is 0.640 bits per heavy atom. The van der Waals surface area contributed by atoms with Gasteiger partial charge in [-0.15, -0.1) is 12.2 Å². The molecule has 8 aliphatic carbocycles. The number of carbonyl (C=O) groups is 8. The van der Waals surface area contributed by atoms with E-state index >= 15 is 9.59 Å². The molecule has 2 aliphatic heterocycles. The van der Waals surface area contributed by atoms with E-state index in [1.54, 1.807) is 27.7 Å². The van der Waals surface area contributed by atoms with Crippen molar-refractivity contribution in [2.45, 2.75) is 182 Å². The van der Waals surface area contributed by atoms with E-state index in [2.05, 4.69) is 47.0 Å². The number of methoxy groups -OCH3 is 2. The Morgan fingerprint density at radius 3 is 1.73 bits per heavy atom. The summed E-state index contributed by atoms with van der Waals surface area (Å²) in [4.78, 5) is 111. The normalized spacial score (nSPS) is 40.3. The van der Waals surface area contributed by atoms with Crippen molar-refractivity contribution in [1.82, 2.24) is 0 Å². The Hall–Kier alpha value is -2.11. The third-order valence-electron chi connectivity index (χ3n) is 24.4. The summed E-state index contributed by atoms with van der Waals surface area (Å²) in [5, 5.41) is 10.5. The first kappa shape index (κ1) is 69.8. The number of carboxylic acids is 1. The molecule has 478 valence electrons. The minimum Gasteiger partial charge on any atom is -0.634 e. The zero-order chi connectivity index (χ0) is 62.3. The maximum Gasteiger partial charge on any atom is 0.317 e. The van der Waals surface area contributed by atoms with Crippen LogP contribution in [0.4, 0.5) is 0 Å². The fraction of sp³-hybridized carbons (Fsp3) is 0.846. The van der Waals surface area contributed by atoms with Crippen molar-refractivity contribution in [2.75, 3.05) is 21.0 Å². The smallest absolute Gasteiger partial charge is 0.317 e. The molecule has 0 aromatic rings. The molecule has 0 spiro atoms. The number of cyclic esters (lactones) is 2. The Morgan fingerprint density at radius 2 is 1.19 bits per heavy atom. The summed E-state index contributed by atoms with van der Waals surface area (Å²) >= 11 is 0. The Kier molecular flexibility index (Phi) is 22.1. The Labute approximate surface area is 544 Å². The third kappa shape index (κ3) is 13.1. The molecule has 10 aliphatic rings. The molecule has 0 aromatic carbocycles. The number of hydrogen-bond donors (Lipinski definition) is 1. The van der Waals surface area contributed by atoms with Crippen LogP contribution in [0.3, 0.4) is 0 Å². The van der Waals surface area contributed by atoms with Crippen molar-refractivity contribution in [3.05, 3.63) is 12.2 Å². The second-order valence-electron chi connectivity index (χ2n) is 30.6. The van der Waals surface area contributed by atoms with Gasteiger partial charge in [0.1, 0.15) is 0 Å². The van der Waals surface area contributed by atoms with Crippen LogP contribution in [0.15, 0.2) is 0 Å². The standard InChI is InChI=1S/C56H84O14Si4.C9H17O2.Y/c1-26(2)69-55(64)56(5,48-27(3)29-12-13-30(48)14-29)20-39-34-15-31(17-36(34)51(60)67-21-68-74(11)24-72(9)22-71(8)23-73(10)25-74)41(39)46-47(54(63)70-53(46)62)43-35-16-32(18-37(35)50(59)65-6)42(43)40-28(4)33-19-38(40)45(52(61)66-7)44(33)49(57)58;1-6-9(4,5)8(10)11-7(2)3;/h27-48H,12-25H2,1-11H3,(H,57,58);6H2,1-5H3;/q2*-1;. The van der Waals surface area contributed by atoms with Crippen LogP contribution >= 0.6 is 0 Å². The average molecular weight is 1340 g/mol. The molecule has 21 heteroatoms. The minimum absolute atomic E-state index is 0. The number of carbonyl (C=O) groups excluding carboxylic acids is 7. The van der Waals surface area contributed by atoms with Crippen molar-refractivity contribution in [3.8, 4) is 0 Å². The van der Waals surface area contributed by atoms with E-state index in [4.69, 9.17) is 32.8 Å². The molecular weight excluding hydrogens is 1240 g/mol. The first-order valence-corrected chi connectivity index (χ1v) is 42.4. The molecule has 1 N–H and O–H groups in total. The van der Waals surface area contributed by atoms with Gasteiger partial charge in [-0.05, 0) is 198 Å². The van der Waals surface area contributed by atoms with Gasteiger partial charge in [-0.1, -0.05) is 51.7 Å². The first-order valence-electron chi connectivity index (χ1n) is 32.3. The van der Waals surface area contributed by atoms with Crippen molar-refractivity contribution in [2.24, 2.45) is 141 Å². The van der Waals surface area contributed by atoms with Gasteiger partial charge in [-0.3, -0.25) is 38.4 Å². The van der Waals surface area contributed by atoms with Crippen LogP contribution in [0.25, 0.3) is 0 Å². The van der Waals surface area contributed by atoms with Gasteiger partial charge in [0.05, 0.1) is 60.6 Å². The van der Waals surface area contributed by atoms with E-state index in [-0.39, 0.29) is 149 Å². The van der Waals surface area contributed by atoms with Crippen LogP contribution < -0.4 is 0 Å². The third-order valence-corrected chi connectivity index (χ3v) is 45.6. The minimum atomic E-state index is -2.11. The van der Waals surface area contributed by atoms with E-state index in [0.717, 1.165) is 25.7 Å². The molecule has 23 atom stereocenters. The predicted molar refractivity (Wildman–Crippen MR) is 324 cm³/mol. The number of hydrogen-bond acceptors (Lipinski definition) is 15. The molecule has 86 heavy (non-hydrogen) atoms. The van der Waals surface area contributed by atoms with E-state index < -0.39 is 103 Å². The molecule has 4 radical (unpaired) electrons. The largest absolute Gasteiger partial charge is 0.634 e. The summed E-state index contributed by atoms with van der Waals surface area (Å²) in [6.07, 6.45) is 8.55. The average Bonchev–Trinajstić information content (AvgIpc) is 1.56. The summed E-state index contributed by atoms with van der Waals surface area (Å²) in [7, 11) is -0.787. The molecule has 8 bridgehead atoms. The van der Waals surface area contributed by atoms with E-state index in [1.165, 1.54) is 36.9 Å². The van der Waals surface area contributed by atoms with Crippen LogP contribution in [0.5, 0.6) is 0 Å². The summed E-state index contributed by atoms with van der Waals surface area (Å²) in [6.45, 7) is 29.0. The van der Waals surface area contributed by atoms with Gasteiger partial charge in [0.25, 0.3) is 11.9 Å². The summed E-state index contributed by atoms with van der Waals surface area (Å²) in [6, 6.07) is 0. The van der Waals surface area contributed by atoms with Crippen molar-refractivity contribution in [3.63, 3.8) is 0 Å². The maximum absolute atomic E-state index is 15.0. The number of fused-ring (bicyclic) bond motifs is 8. The van der Waals surface area contributed by atoms with Crippen LogP contribution in [0.2, 0.25) is 48.9 Å². The van der Waals surface area contributed by atoms with Gasteiger partial charge in [0.15, 0.2) is 15.1 Å². The van der Waals surface area contributed by atoms with Gasteiger partial charge in [-0.2, -0.15) is 27.7 Å². The fourth-order valence-corrected chi connectivity index (χ4v) is 47.5. The number of aliphatic carboxylic acids is 1. The molecule has 2 heterocycles. The monoisotopic (exact) mass is 1340 g/mol. The summed E-state index contributed by atoms with van der Waals surface area (Å²) in [5.74, 6) is -10.1. The van der Waals surface area contributed by atoms with Crippen molar-refractivity contribution >= 4 is 82.5 Å². The van der Waals surface area contributed by atoms with Gasteiger partial charge in [-0.25, -0.2) is 0 Å². The van der Waals surface area contributed by atoms with Crippen molar-refractivity contribution < 1.29 is 109 Å². The Bertz CT molecular complexity index is 2530. The van der Waals surface area contributed by atoms with E-state index in [1.807, 2.05) is 20.8 Å². The Balaban J connectivity index is 0.000000728. The molecule has 8 saturated carbocycles. The summed E-state index contributed by atoms with van der Waals surface area (Å²) in [5.41, 5.74) is 3.79. The molecule has 10 rings (SSSR count). The first-order chi connectivity index (χ1) is 39.9. The van der Waals surface area contributed by atoms with Gasteiger partial charge in [0.2, 0.25) is 0 Å². The van der Waals surface area contributed by atoms with Gasteiger partial charge in [0, 0.05) is 59.1 Å². The van der Waals surface area contributed by atoms with Crippen LogP contribution in [0, 0.1) is 153 Å². The maximum atomic E-state index is 15.0. The molecule has 10 fully saturated rings. The fourth-order valence-electron chi connectivity index (χ4n) is 21.4. The molecule has 0 amide bonds. The topological polar surface area (TPSA) is 221 Å². The van der Waals surface area contributed by atoms with Gasteiger partial charge >= 0.3 is 35.8 Å². The molecule has 23 unspecified atom stereocenters. The zero-order valence-electron chi connectivity index (χ0n) is 54.5. The van der Waals surface area contributed by atoms with Crippen molar-refractivity contribution in [1.29, 1.82) is 0 Å².